The number of carbonyl (C=O) groups is 2. The number of carboxylic acid groups (broad SMARTS) is 1. The summed E-state index contributed by atoms with van der Waals surface area (Å²) in [7, 11) is 0. The first kappa shape index (κ1) is 27.4. The Bertz CT molecular complexity index is 954. The summed E-state index contributed by atoms with van der Waals surface area (Å²) in [5.41, 5.74) is 1.82. The summed E-state index contributed by atoms with van der Waals surface area (Å²) in [5.74, 6) is -1.60. The van der Waals surface area contributed by atoms with Crippen LogP contribution in [0.25, 0.3) is 0 Å². The first-order valence-corrected chi connectivity index (χ1v) is 12.2. The lowest BCUT2D eigenvalue weighted by Crippen LogP contribution is -2.24. The molecule has 1 N–H and O–H groups in total. The van der Waals surface area contributed by atoms with Crippen molar-refractivity contribution in [1.29, 1.82) is 0 Å². The third kappa shape index (κ3) is 8.15. The number of aliphatic hydroxyl groups is 1. The standard InChI is InChI=1S/C12H14BrFO3.C12H12BrFO2/c13-8-4-5-9(10(7-8)12(16)17)11(15)3-1-2-6-14;13-8-4-5-9-10(7-8)12(15)16-11(9)3-1-2-6-14/h4-5,7,11,15H,1-3,6H2,(H,16,17);4-5,7,11H,1-3,6H2/p-1. The van der Waals surface area contributed by atoms with Crippen molar-refractivity contribution in [3.63, 3.8) is 0 Å². The summed E-state index contributed by atoms with van der Waals surface area (Å²) in [5, 5.41) is 20.7. The van der Waals surface area contributed by atoms with Gasteiger partial charge in [0, 0.05) is 20.1 Å². The highest BCUT2D eigenvalue weighted by molar-refractivity contribution is 9.10. The smallest absolute Gasteiger partial charge is 0.339 e. The van der Waals surface area contributed by atoms with Crippen LogP contribution in [-0.4, -0.2) is 30.4 Å². The number of esters is 1. The first-order chi connectivity index (χ1) is 15.8. The van der Waals surface area contributed by atoms with Crippen molar-refractivity contribution in [2.75, 3.05) is 13.3 Å². The van der Waals surface area contributed by atoms with Crippen LogP contribution in [-0.2, 0) is 4.74 Å². The minimum atomic E-state index is -1.33. The number of carbonyl (C=O) groups excluding carboxylic acids is 2. The number of unbranched alkanes of at least 4 members (excludes halogenated alkanes) is 2. The number of alkyl halides is 2. The molecule has 0 radical (unpaired) electrons. The van der Waals surface area contributed by atoms with Gasteiger partial charge in [0.1, 0.15) is 6.10 Å². The number of hydrogen-bond acceptors (Lipinski definition) is 5. The van der Waals surface area contributed by atoms with Crippen LogP contribution < -0.4 is 5.11 Å². The summed E-state index contributed by atoms with van der Waals surface area (Å²) in [4.78, 5) is 22.4. The van der Waals surface area contributed by atoms with Crippen LogP contribution in [0.15, 0.2) is 45.3 Å². The quantitative estimate of drug-likeness (QED) is 0.280. The summed E-state index contributed by atoms with van der Waals surface area (Å²) < 4.78 is 30.6. The molecule has 0 aliphatic carbocycles. The minimum absolute atomic E-state index is 0.0351. The number of ether oxygens (including phenoxy) is 1. The SMILES string of the molecule is O=C([O-])c1cc(Br)ccc1C(O)CCCCF.O=C1OC(CCCCF)c2ccc(Br)cc21. The first-order valence-electron chi connectivity index (χ1n) is 10.6. The second kappa shape index (κ2) is 13.8. The molecule has 2 aromatic carbocycles. The van der Waals surface area contributed by atoms with Crippen molar-refractivity contribution in [2.45, 2.75) is 50.7 Å². The molecule has 0 bridgehead atoms. The van der Waals surface area contributed by atoms with Gasteiger partial charge in [0.15, 0.2) is 0 Å². The summed E-state index contributed by atoms with van der Waals surface area (Å²) in [6, 6.07) is 10.1. The number of benzene rings is 2. The van der Waals surface area contributed by atoms with Gasteiger partial charge in [-0.25, -0.2) is 4.79 Å². The molecule has 5 nitrogen and oxygen atoms in total. The predicted octanol–water partition coefficient (Wildman–Crippen LogP) is 5.79. The third-order valence-corrected chi connectivity index (χ3v) is 6.12. The fourth-order valence-corrected chi connectivity index (χ4v) is 4.19. The van der Waals surface area contributed by atoms with Crippen molar-refractivity contribution in [3.8, 4) is 0 Å². The highest BCUT2D eigenvalue weighted by Gasteiger charge is 2.30. The van der Waals surface area contributed by atoms with Crippen molar-refractivity contribution >= 4 is 43.8 Å². The Morgan fingerprint density at radius 1 is 1.03 bits per heavy atom. The molecule has 33 heavy (non-hydrogen) atoms. The van der Waals surface area contributed by atoms with E-state index in [-0.39, 0.29) is 24.3 Å². The summed E-state index contributed by atoms with van der Waals surface area (Å²) >= 11 is 6.47. The van der Waals surface area contributed by atoms with Gasteiger partial charge in [0.2, 0.25) is 0 Å². The Kier molecular flexibility index (Phi) is 11.4. The second-order valence-corrected chi connectivity index (χ2v) is 9.36. The van der Waals surface area contributed by atoms with Gasteiger partial charge < -0.3 is 19.7 Å². The van der Waals surface area contributed by atoms with Crippen LogP contribution in [0.1, 0.15) is 82.6 Å². The Morgan fingerprint density at radius 2 is 1.67 bits per heavy atom. The van der Waals surface area contributed by atoms with Crippen molar-refractivity contribution in [3.05, 3.63) is 67.6 Å². The van der Waals surface area contributed by atoms with Gasteiger partial charge in [-0.2, -0.15) is 0 Å². The zero-order valence-corrected chi connectivity index (χ0v) is 21.0. The Morgan fingerprint density at radius 3 is 2.33 bits per heavy atom. The zero-order chi connectivity index (χ0) is 24.4. The molecule has 180 valence electrons. The van der Waals surface area contributed by atoms with E-state index in [1.165, 1.54) is 12.1 Å². The van der Waals surface area contributed by atoms with Gasteiger partial charge in [0.25, 0.3) is 0 Å². The van der Waals surface area contributed by atoms with Crippen LogP contribution >= 0.6 is 31.9 Å². The second-order valence-electron chi connectivity index (χ2n) is 7.53. The molecular formula is C24H25Br2F2O5-. The maximum absolute atomic E-state index is 12.0. The van der Waals surface area contributed by atoms with Crippen molar-refractivity contribution in [2.24, 2.45) is 0 Å². The normalized spacial score (nSPS) is 15.3. The fraction of sp³-hybridized carbons (Fsp3) is 0.417. The molecule has 1 heterocycles. The topological polar surface area (TPSA) is 86.7 Å². The number of cyclic esters (lactones) is 1. The van der Waals surface area contributed by atoms with E-state index < -0.39 is 18.7 Å². The summed E-state index contributed by atoms with van der Waals surface area (Å²) in [6.07, 6.45) is 2.10. The van der Waals surface area contributed by atoms with E-state index in [4.69, 9.17) is 4.74 Å². The van der Waals surface area contributed by atoms with E-state index in [9.17, 15) is 28.6 Å². The zero-order valence-electron chi connectivity index (χ0n) is 17.9. The van der Waals surface area contributed by atoms with Crippen LogP contribution in [0.4, 0.5) is 8.78 Å². The maximum atomic E-state index is 12.0. The lowest BCUT2D eigenvalue weighted by molar-refractivity contribution is -0.255. The monoisotopic (exact) mass is 589 g/mol. The number of halogens is 4. The Labute approximate surface area is 208 Å². The number of rotatable bonds is 10. The van der Waals surface area contributed by atoms with E-state index in [2.05, 4.69) is 31.9 Å². The molecule has 2 unspecified atom stereocenters. The number of fused-ring (bicyclic) bond motifs is 1. The van der Waals surface area contributed by atoms with Crippen LogP contribution in [0, 0.1) is 0 Å². The number of hydrogen-bond donors (Lipinski definition) is 1. The molecule has 0 aromatic heterocycles. The van der Waals surface area contributed by atoms with E-state index in [1.54, 1.807) is 12.1 Å². The Balaban J connectivity index is 0.000000234. The lowest BCUT2D eigenvalue weighted by Gasteiger charge is -2.16. The Hall–Kier alpha value is -1.84. The molecular weight excluding hydrogens is 566 g/mol. The van der Waals surface area contributed by atoms with Gasteiger partial charge in [-0.05, 0) is 68.4 Å². The van der Waals surface area contributed by atoms with Gasteiger partial charge in [-0.1, -0.05) is 44.0 Å². The molecule has 2 aromatic rings. The number of aromatic carboxylic acids is 1. The average Bonchev–Trinajstić information content (AvgIpc) is 3.09. The number of carboxylic acids is 1. The highest BCUT2D eigenvalue weighted by Crippen LogP contribution is 2.35. The molecule has 0 amide bonds. The molecule has 0 fully saturated rings. The fourth-order valence-electron chi connectivity index (χ4n) is 3.46. The van der Waals surface area contributed by atoms with Gasteiger partial charge in [0.05, 0.1) is 31.0 Å². The number of aliphatic hydroxyl groups excluding tert-OH is 1. The van der Waals surface area contributed by atoms with Crippen molar-refractivity contribution < 1.29 is 33.3 Å². The van der Waals surface area contributed by atoms with E-state index >= 15 is 0 Å². The van der Waals surface area contributed by atoms with E-state index in [0.29, 0.717) is 47.7 Å². The van der Waals surface area contributed by atoms with Crippen LogP contribution in [0.5, 0.6) is 0 Å². The molecule has 1 aliphatic rings. The maximum Gasteiger partial charge on any atom is 0.339 e. The van der Waals surface area contributed by atoms with Crippen LogP contribution in [0.2, 0.25) is 0 Å². The lowest BCUT2D eigenvalue weighted by atomic mass is 9.98. The molecule has 1 aliphatic heterocycles. The van der Waals surface area contributed by atoms with E-state index in [0.717, 1.165) is 16.5 Å². The highest BCUT2D eigenvalue weighted by atomic mass is 79.9. The average molecular weight is 591 g/mol. The largest absolute Gasteiger partial charge is 0.545 e. The molecule has 0 saturated heterocycles. The molecule has 9 heteroatoms. The van der Waals surface area contributed by atoms with Crippen LogP contribution in [0.3, 0.4) is 0 Å². The molecule has 2 atom stereocenters. The third-order valence-electron chi connectivity index (χ3n) is 5.14. The van der Waals surface area contributed by atoms with E-state index in [1.807, 2.05) is 12.1 Å². The molecule has 0 saturated carbocycles. The van der Waals surface area contributed by atoms with Gasteiger partial charge in [-0.3, -0.25) is 8.78 Å². The molecule has 3 rings (SSSR count). The molecule has 0 spiro atoms. The van der Waals surface area contributed by atoms with Gasteiger partial charge >= 0.3 is 5.97 Å². The van der Waals surface area contributed by atoms with Crippen molar-refractivity contribution in [1.82, 2.24) is 0 Å². The predicted molar refractivity (Wildman–Crippen MR) is 125 cm³/mol. The summed E-state index contributed by atoms with van der Waals surface area (Å²) in [6.45, 7) is -0.742. The van der Waals surface area contributed by atoms with Gasteiger partial charge in [-0.15, -0.1) is 0 Å². The minimum Gasteiger partial charge on any atom is -0.545 e.